The molecular formula is C26H30N4O4. The summed E-state index contributed by atoms with van der Waals surface area (Å²) >= 11 is 0. The topological polar surface area (TPSA) is 85.7 Å². The fourth-order valence-electron chi connectivity index (χ4n) is 3.97. The Balaban J connectivity index is 1.44. The first-order valence-electron chi connectivity index (χ1n) is 11.6. The highest BCUT2D eigenvalue weighted by Crippen LogP contribution is 2.29. The molecule has 0 saturated carbocycles. The van der Waals surface area contributed by atoms with Crippen LogP contribution in [0.25, 0.3) is 5.69 Å². The van der Waals surface area contributed by atoms with Gasteiger partial charge in [0.25, 0.3) is 11.8 Å². The SMILES string of the molecule is CCOc1cc(C(=O)Nc2cccc(-n3nccc3C)c2)ccc1OCC(=O)N1CCCCC1. The van der Waals surface area contributed by atoms with Crippen LogP contribution in [-0.4, -0.2) is 52.8 Å². The second kappa shape index (κ2) is 10.9. The molecule has 2 aromatic carbocycles. The number of nitrogens with one attached hydrogen (secondary N) is 1. The molecule has 8 nitrogen and oxygen atoms in total. The van der Waals surface area contributed by atoms with Gasteiger partial charge in [0.1, 0.15) is 0 Å². The predicted molar refractivity (Wildman–Crippen MR) is 130 cm³/mol. The third-order valence-electron chi connectivity index (χ3n) is 5.75. The van der Waals surface area contributed by atoms with Crippen molar-refractivity contribution in [1.29, 1.82) is 0 Å². The van der Waals surface area contributed by atoms with E-state index in [-0.39, 0.29) is 18.4 Å². The van der Waals surface area contributed by atoms with E-state index in [9.17, 15) is 9.59 Å². The lowest BCUT2D eigenvalue weighted by Gasteiger charge is -2.26. The van der Waals surface area contributed by atoms with Crippen molar-refractivity contribution in [3.8, 4) is 17.2 Å². The molecule has 3 aromatic rings. The summed E-state index contributed by atoms with van der Waals surface area (Å²) < 4.78 is 13.3. The molecule has 178 valence electrons. The smallest absolute Gasteiger partial charge is 0.260 e. The van der Waals surface area contributed by atoms with Crippen LogP contribution in [0.15, 0.2) is 54.7 Å². The third kappa shape index (κ3) is 5.57. The Kier molecular flexibility index (Phi) is 7.47. The number of carbonyl (C=O) groups excluding carboxylic acids is 2. The first kappa shape index (κ1) is 23.4. The van der Waals surface area contributed by atoms with Crippen molar-refractivity contribution in [3.05, 3.63) is 66.0 Å². The van der Waals surface area contributed by atoms with E-state index in [1.807, 2.05) is 49.1 Å². The molecule has 1 aliphatic rings. The second-order valence-corrected chi connectivity index (χ2v) is 8.21. The van der Waals surface area contributed by atoms with Crippen LogP contribution < -0.4 is 14.8 Å². The fraction of sp³-hybridized carbons (Fsp3) is 0.346. The van der Waals surface area contributed by atoms with Crippen LogP contribution in [0.3, 0.4) is 0 Å². The monoisotopic (exact) mass is 462 g/mol. The number of hydrogen-bond donors (Lipinski definition) is 1. The van der Waals surface area contributed by atoms with Gasteiger partial charge in [-0.3, -0.25) is 9.59 Å². The Bertz CT molecular complexity index is 1150. The van der Waals surface area contributed by atoms with Gasteiger partial charge in [-0.05, 0) is 75.6 Å². The summed E-state index contributed by atoms with van der Waals surface area (Å²) in [6.07, 6.45) is 4.96. The van der Waals surface area contributed by atoms with Crippen LogP contribution in [0.2, 0.25) is 0 Å². The summed E-state index contributed by atoms with van der Waals surface area (Å²) in [4.78, 5) is 27.2. The Morgan fingerprint density at radius 3 is 2.56 bits per heavy atom. The van der Waals surface area contributed by atoms with Crippen LogP contribution >= 0.6 is 0 Å². The van der Waals surface area contributed by atoms with E-state index in [0.29, 0.717) is 29.4 Å². The first-order valence-corrected chi connectivity index (χ1v) is 11.6. The number of amides is 2. The summed E-state index contributed by atoms with van der Waals surface area (Å²) in [5, 5.41) is 7.24. The molecule has 0 spiro atoms. The van der Waals surface area contributed by atoms with Gasteiger partial charge in [-0.25, -0.2) is 4.68 Å². The number of aryl methyl sites for hydroxylation is 1. The van der Waals surface area contributed by atoms with Crippen LogP contribution in [0.1, 0.15) is 42.2 Å². The number of carbonyl (C=O) groups is 2. The highest BCUT2D eigenvalue weighted by molar-refractivity contribution is 6.04. The van der Waals surface area contributed by atoms with Crippen molar-refractivity contribution >= 4 is 17.5 Å². The molecule has 1 N–H and O–H groups in total. The maximum absolute atomic E-state index is 12.9. The highest BCUT2D eigenvalue weighted by atomic mass is 16.5. The number of hydrogen-bond acceptors (Lipinski definition) is 5. The fourth-order valence-corrected chi connectivity index (χ4v) is 3.97. The van der Waals surface area contributed by atoms with Crippen LogP contribution in [0, 0.1) is 6.92 Å². The van der Waals surface area contributed by atoms with E-state index < -0.39 is 0 Å². The standard InChI is InChI=1S/C26H30N4O4/c1-3-33-24-16-20(10-11-23(24)34-18-25(31)29-14-5-4-6-15-29)26(32)28-21-8-7-9-22(17-21)30-19(2)12-13-27-30/h7-13,16-17H,3-6,14-15,18H2,1-2H3,(H,28,32). The molecule has 8 heteroatoms. The maximum atomic E-state index is 12.9. The van der Waals surface area contributed by atoms with E-state index in [2.05, 4.69) is 10.4 Å². The van der Waals surface area contributed by atoms with Crippen LogP contribution in [0.4, 0.5) is 5.69 Å². The minimum Gasteiger partial charge on any atom is -0.490 e. The predicted octanol–water partition coefficient (Wildman–Crippen LogP) is 4.22. The van der Waals surface area contributed by atoms with E-state index in [1.165, 1.54) is 0 Å². The lowest BCUT2D eigenvalue weighted by Crippen LogP contribution is -2.38. The van der Waals surface area contributed by atoms with Crippen molar-refractivity contribution < 1.29 is 19.1 Å². The molecule has 0 unspecified atom stereocenters. The lowest BCUT2D eigenvalue weighted by molar-refractivity contribution is -0.134. The Hall–Kier alpha value is -3.81. The zero-order valence-electron chi connectivity index (χ0n) is 19.6. The van der Waals surface area contributed by atoms with Crippen molar-refractivity contribution in [2.24, 2.45) is 0 Å². The molecule has 1 saturated heterocycles. The van der Waals surface area contributed by atoms with Crippen molar-refractivity contribution in [3.63, 3.8) is 0 Å². The average Bonchev–Trinajstić information content (AvgIpc) is 3.29. The number of benzene rings is 2. The number of rotatable bonds is 8. The Labute approximate surface area is 199 Å². The number of nitrogens with zero attached hydrogens (tertiary/aromatic N) is 3. The van der Waals surface area contributed by atoms with Crippen LogP contribution in [0.5, 0.6) is 11.5 Å². The Morgan fingerprint density at radius 1 is 1.00 bits per heavy atom. The van der Waals surface area contributed by atoms with E-state index >= 15 is 0 Å². The number of aromatic nitrogens is 2. The minimum atomic E-state index is -0.272. The summed E-state index contributed by atoms with van der Waals surface area (Å²) in [5.41, 5.74) is 2.94. The number of anilines is 1. The maximum Gasteiger partial charge on any atom is 0.260 e. The largest absolute Gasteiger partial charge is 0.490 e. The summed E-state index contributed by atoms with van der Waals surface area (Å²) in [6.45, 7) is 5.75. The lowest BCUT2D eigenvalue weighted by atomic mass is 10.1. The first-order chi connectivity index (χ1) is 16.5. The quantitative estimate of drug-likeness (QED) is 0.542. The molecule has 0 atom stereocenters. The van der Waals surface area contributed by atoms with E-state index in [4.69, 9.17) is 9.47 Å². The van der Waals surface area contributed by atoms with Gasteiger partial charge in [0.2, 0.25) is 0 Å². The highest BCUT2D eigenvalue weighted by Gasteiger charge is 2.18. The zero-order chi connectivity index (χ0) is 23.9. The molecule has 0 aliphatic carbocycles. The molecule has 1 aliphatic heterocycles. The van der Waals surface area contributed by atoms with Gasteiger partial charge in [-0.15, -0.1) is 0 Å². The number of ether oxygens (including phenoxy) is 2. The molecule has 1 fully saturated rings. The second-order valence-electron chi connectivity index (χ2n) is 8.21. The van der Waals surface area contributed by atoms with Gasteiger partial charge in [0.05, 0.1) is 12.3 Å². The number of likely N-dealkylation sites (tertiary alicyclic amines) is 1. The van der Waals surface area contributed by atoms with Crippen molar-refractivity contribution in [1.82, 2.24) is 14.7 Å². The molecule has 2 amide bonds. The summed E-state index contributed by atoms with van der Waals surface area (Å²) in [6, 6.07) is 14.4. The minimum absolute atomic E-state index is 0.0312. The van der Waals surface area contributed by atoms with Gasteiger partial charge in [-0.2, -0.15) is 5.10 Å². The molecule has 34 heavy (non-hydrogen) atoms. The Morgan fingerprint density at radius 2 is 1.82 bits per heavy atom. The molecular weight excluding hydrogens is 432 g/mol. The number of piperidine rings is 1. The zero-order valence-corrected chi connectivity index (χ0v) is 19.6. The van der Waals surface area contributed by atoms with Gasteiger partial charge >= 0.3 is 0 Å². The van der Waals surface area contributed by atoms with Crippen molar-refractivity contribution in [2.45, 2.75) is 33.1 Å². The molecule has 0 radical (unpaired) electrons. The van der Waals surface area contributed by atoms with Crippen LogP contribution in [-0.2, 0) is 4.79 Å². The third-order valence-corrected chi connectivity index (χ3v) is 5.75. The van der Waals surface area contributed by atoms with E-state index in [0.717, 1.165) is 43.7 Å². The van der Waals surface area contributed by atoms with Gasteiger partial charge in [0, 0.05) is 36.2 Å². The molecule has 2 heterocycles. The average molecular weight is 463 g/mol. The molecule has 4 rings (SSSR count). The normalized spacial score (nSPS) is 13.4. The molecule has 1 aromatic heterocycles. The van der Waals surface area contributed by atoms with E-state index in [1.54, 1.807) is 29.1 Å². The van der Waals surface area contributed by atoms with Crippen molar-refractivity contribution in [2.75, 3.05) is 31.6 Å². The van der Waals surface area contributed by atoms with Gasteiger partial charge in [-0.1, -0.05) is 6.07 Å². The van der Waals surface area contributed by atoms with Gasteiger partial charge < -0.3 is 19.7 Å². The van der Waals surface area contributed by atoms with Gasteiger partial charge in [0.15, 0.2) is 18.1 Å². The molecule has 0 bridgehead atoms. The summed E-state index contributed by atoms with van der Waals surface area (Å²) in [5.74, 6) is 0.574. The summed E-state index contributed by atoms with van der Waals surface area (Å²) in [7, 11) is 0.